The van der Waals surface area contributed by atoms with Crippen LogP contribution in [-0.4, -0.2) is 26.8 Å². The lowest BCUT2D eigenvalue weighted by Gasteiger charge is -2.19. The smallest absolute Gasteiger partial charge is 0.0468 e. The van der Waals surface area contributed by atoms with Gasteiger partial charge in [-0.05, 0) is 36.9 Å². The van der Waals surface area contributed by atoms with Gasteiger partial charge in [-0.25, -0.2) is 0 Å². The van der Waals surface area contributed by atoms with E-state index in [0.29, 0.717) is 5.92 Å². The highest BCUT2D eigenvalue weighted by molar-refractivity contribution is 9.10. The number of hydrogen-bond donors (Lipinski definition) is 1. The number of methoxy groups -OCH3 is 1. The van der Waals surface area contributed by atoms with E-state index in [-0.39, 0.29) is 0 Å². The van der Waals surface area contributed by atoms with Crippen LogP contribution in [0.3, 0.4) is 0 Å². The Kier molecular flexibility index (Phi) is 7.49. The monoisotopic (exact) mass is 299 g/mol. The molecule has 0 bridgehead atoms. The van der Waals surface area contributed by atoms with Crippen molar-refractivity contribution < 1.29 is 4.74 Å². The summed E-state index contributed by atoms with van der Waals surface area (Å²) in [5.74, 6) is 0.511. The fraction of sp³-hybridized carbons (Fsp3) is 0.571. The summed E-state index contributed by atoms with van der Waals surface area (Å²) < 4.78 is 6.39. The van der Waals surface area contributed by atoms with Crippen LogP contribution in [0.15, 0.2) is 28.7 Å². The van der Waals surface area contributed by atoms with Gasteiger partial charge in [0, 0.05) is 24.7 Å². The number of hydrogen-bond acceptors (Lipinski definition) is 2. The van der Waals surface area contributed by atoms with Crippen molar-refractivity contribution in [2.45, 2.75) is 25.7 Å². The van der Waals surface area contributed by atoms with Crippen molar-refractivity contribution >= 4 is 15.9 Å². The summed E-state index contributed by atoms with van der Waals surface area (Å²) in [4.78, 5) is 0. The van der Waals surface area contributed by atoms with Gasteiger partial charge in [0.2, 0.25) is 0 Å². The molecule has 0 saturated carbocycles. The maximum Gasteiger partial charge on any atom is 0.0468 e. The van der Waals surface area contributed by atoms with Gasteiger partial charge in [-0.1, -0.05) is 41.1 Å². The van der Waals surface area contributed by atoms with E-state index in [4.69, 9.17) is 4.74 Å². The second-order valence-corrected chi connectivity index (χ2v) is 5.06. The zero-order valence-corrected chi connectivity index (χ0v) is 12.3. The molecule has 0 aliphatic carbocycles. The van der Waals surface area contributed by atoms with E-state index >= 15 is 0 Å². The zero-order valence-electron chi connectivity index (χ0n) is 10.7. The minimum atomic E-state index is 0.511. The van der Waals surface area contributed by atoms with E-state index in [2.05, 4.69) is 52.4 Å². The Morgan fingerprint density at radius 1 is 1.35 bits per heavy atom. The molecule has 1 aromatic rings. The number of rotatable bonds is 8. The molecule has 1 aromatic carbocycles. The minimum absolute atomic E-state index is 0.511. The van der Waals surface area contributed by atoms with Crippen LogP contribution in [0.2, 0.25) is 0 Å². The third kappa shape index (κ3) is 5.19. The summed E-state index contributed by atoms with van der Waals surface area (Å²) in [6.07, 6.45) is 2.22. The zero-order chi connectivity index (χ0) is 12.5. The standard InChI is InChI=1S/C14H22BrNO/c1-3-9-16-11-12(8-10-17-2)13-6-4-5-7-14(13)15/h4-7,12,16H,3,8-11H2,1-2H3. The molecule has 1 rings (SSSR count). The van der Waals surface area contributed by atoms with E-state index in [9.17, 15) is 0 Å². The van der Waals surface area contributed by atoms with E-state index in [1.807, 2.05) is 0 Å². The molecule has 96 valence electrons. The van der Waals surface area contributed by atoms with Crippen molar-refractivity contribution in [3.63, 3.8) is 0 Å². The van der Waals surface area contributed by atoms with Crippen LogP contribution in [0, 0.1) is 0 Å². The van der Waals surface area contributed by atoms with E-state index in [1.54, 1.807) is 7.11 Å². The Hall–Kier alpha value is -0.380. The molecule has 0 radical (unpaired) electrons. The number of ether oxygens (including phenoxy) is 1. The van der Waals surface area contributed by atoms with Gasteiger partial charge in [-0.15, -0.1) is 0 Å². The summed E-state index contributed by atoms with van der Waals surface area (Å²) in [5.41, 5.74) is 1.37. The maximum absolute atomic E-state index is 5.20. The van der Waals surface area contributed by atoms with Crippen LogP contribution in [0.25, 0.3) is 0 Å². The highest BCUT2D eigenvalue weighted by Gasteiger charge is 2.13. The molecule has 0 spiro atoms. The first-order valence-electron chi connectivity index (χ1n) is 6.23. The largest absolute Gasteiger partial charge is 0.385 e. The van der Waals surface area contributed by atoms with Gasteiger partial charge < -0.3 is 10.1 Å². The lowest BCUT2D eigenvalue weighted by atomic mass is 9.96. The molecule has 0 aromatic heterocycles. The van der Waals surface area contributed by atoms with Gasteiger partial charge in [0.1, 0.15) is 0 Å². The highest BCUT2D eigenvalue weighted by atomic mass is 79.9. The van der Waals surface area contributed by atoms with Crippen LogP contribution in [0.5, 0.6) is 0 Å². The van der Waals surface area contributed by atoms with Crippen molar-refractivity contribution in [1.29, 1.82) is 0 Å². The molecule has 0 aliphatic heterocycles. The first-order chi connectivity index (χ1) is 8.29. The predicted molar refractivity (Wildman–Crippen MR) is 76.5 cm³/mol. The van der Waals surface area contributed by atoms with E-state index < -0.39 is 0 Å². The molecule has 2 nitrogen and oxygen atoms in total. The Labute approximate surface area is 113 Å². The molecule has 1 atom stereocenters. The fourth-order valence-electron chi connectivity index (χ4n) is 1.89. The van der Waals surface area contributed by atoms with Gasteiger partial charge in [-0.2, -0.15) is 0 Å². The molecule has 0 aliphatic rings. The summed E-state index contributed by atoms with van der Waals surface area (Å²) >= 11 is 3.63. The maximum atomic E-state index is 5.20. The van der Waals surface area contributed by atoms with Gasteiger partial charge in [0.05, 0.1) is 0 Å². The Morgan fingerprint density at radius 2 is 2.12 bits per heavy atom. The van der Waals surface area contributed by atoms with E-state index in [0.717, 1.165) is 26.1 Å². The van der Waals surface area contributed by atoms with Gasteiger partial charge in [0.25, 0.3) is 0 Å². The summed E-state index contributed by atoms with van der Waals surface area (Å²) in [5, 5.41) is 3.49. The first kappa shape index (κ1) is 14.7. The number of halogens is 1. The van der Waals surface area contributed by atoms with Crippen molar-refractivity contribution in [2.24, 2.45) is 0 Å². The fourth-order valence-corrected chi connectivity index (χ4v) is 2.50. The van der Waals surface area contributed by atoms with Crippen LogP contribution >= 0.6 is 15.9 Å². The quantitative estimate of drug-likeness (QED) is 0.741. The normalized spacial score (nSPS) is 12.6. The van der Waals surface area contributed by atoms with Crippen molar-refractivity contribution in [3.8, 4) is 0 Å². The van der Waals surface area contributed by atoms with Crippen molar-refractivity contribution in [1.82, 2.24) is 5.32 Å². The summed E-state index contributed by atoms with van der Waals surface area (Å²) in [7, 11) is 1.76. The van der Waals surface area contributed by atoms with Gasteiger partial charge in [-0.3, -0.25) is 0 Å². The molecule has 3 heteroatoms. The third-order valence-electron chi connectivity index (χ3n) is 2.83. The molecular formula is C14H22BrNO. The average Bonchev–Trinajstić information content (AvgIpc) is 2.35. The second-order valence-electron chi connectivity index (χ2n) is 4.20. The van der Waals surface area contributed by atoms with Crippen LogP contribution < -0.4 is 5.32 Å². The predicted octanol–water partition coefficient (Wildman–Crippen LogP) is 3.57. The number of nitrogens with one attached hydrogen (secondary N) is 1. The summed E-state index contributed by atoms with van der Waals surface area (Å²) in [6, 6.07) is 8.45. The SMILES string of the molecule is CCCNCC(CCOC)c1ccccc1Br. The van der Waals surface area contributed by atoms with E-state index in [1.165, 1.54) is 16.5 Å². The summed E-state index contributed by atoms with van der Waals surface area (Å²) in [6.45, 7) is 5.09. The van der Waals surface area contributed by atoms with Crippen LogP contribution in [0.1, 0.15) is 31.2 Å². The average molecular weight is 300 g/mol. The van der Waals surface area contributed by atoms with Gasteiger partial charge >= 0.3 is 0 Å². The molecule has 0 fully saturated rings. The number of benzene rings is 1. The van der Waals surface area contributed by atoms with Crippen molar-refractivity contribution in [3.05, 3.63) is 34.3 Å². The van der Waals surface area contributed by atoms with Crippen molar-refractivity contribution in [2.75, 3.05) is 26.8 Å². The molecule has 17 heavy (non-hydrogen) atoms. The topological polar surface area (TPSA) is 21.3 Å². The molecule has 1 N–H and O–H groups in total. The highest BCUT2D eigenvalue weighted by Crippen LogP contribution is 2.26. The molecule has 0 heterocycles. The Balaban J connectivity index is 2.64. The third-order valence-corrected chi connectivity index (χ3v) is 3.56. The van der Waals surface area contributed by atoms with Gasteiger partial charge in [0.15, 0.2) is 0 Å². The molecule has 1 unspecified atom stereocenters. The lowest BCUT2D eigenvalue weighted by Crippen LogP contribution is -2.23. The second kappa shape index (κ2) is 8.67. The molecular weight excluding hydrogens is 278 g/mol. The van der Waals surface area contributed by atoms with Crippen LogP contribution in [0.4, 0.5) is 0 Å². The lowest BCUT2D eigenvalue weighted by molar-refractivity contribution is 0.187. The molecule has 0 amide bonds. The minimum Gasteiger partial charge on any atom is -0.385 e. The Morgan fingerprint density at radius 3 is 2.76 bits per heavy atom. The molecule has 0 saturated heterocycles. The first-order valence-corrected chi connectivity index (χ1v) is 7.03. The Bertz CT molecular complexity index is 317. The van der Waals surface area contributed by atoms with Crippen LogP contribution in [-0.2, 0) is 4.74 Å².